The van der Waals surface area contributed by atoms with Gasteiger partial charge < -0.3 is 19.1 Å². The lowest BCUT2D eigenvalue weighted by atomic mass is 9.87. The highest BCUT2D eigenvalue weighted by Crippen LogP contribution is 2.39. The van der Waals surface area contributed by atoms with Crippen LogP contribution < -0.4 is 4.72 Å². The average Bonchev–Trinajstić information content (AvgIpc) is 3.08. The van der Waals surface area contributed by atoms with Gasteiger partial charge in [0.15, 0.2) is 5.79 Å². The maximum absolute atomic E-state index is 12.6. The number of likely N-dealkylation sites (tertiary alicyclic amines) is 1. The Hall–Kier alpha value is -1.68. The van der Waals surface area contributed by atoms with Gasteiger partial charge in [0.25, 0.3) is 0 Å². The van der Waals surface area contributed by atoms with E-state index in [2.05, 4.69) is 4.72 Å². The molecule has 150 valence electrons. The SMILES string of the molecule is CC1CC2(OCCO2)C(CNS(C)(=O)=O)CN1C(=O)OCc1ccccc1. The van der Waals surface area contributed by atoms with Crippen molar-refractivity contribution < 1.29 is 27.4 Å². The van der Waals surface area contributed by atoms with Crippen molar-refractivity contribution in [2.45, 2.75) is 31.8 Å². The van der Waals surface area contributed by atoms with Crippen LogP contribution >= 0.6 is 0 Å². The van der Waals surface area contributed by atoms with E-state index in [9.17, 15) is 13.2 Å². The molecule has 1 spiro atoms. The highest BCUT2D eigenvalue weighted by Gasteiger charge is 2.51. The van der Waals surface area contributed by atoms with E-state index in [0.717, 1.165) is 11.8 Å². The predicted octanol–water partition coefficient (Wildman–Crippen LogP) is 1.33. The van der Waals surface area contributed by atoms with Crippen LogP contribution in [0.25, 0.3) is 0 Å². The van der Waals surface area contributed by atoms with Gasteiger partial charge in [0, 0.05) is 31.5 Å². The molecule has 1 amide bonds. The number of hydrogen-bond acceptors (Lipinski definition) is 6. The number of benzene rings is 1. The van der Waals surface area contributed by atoms with Crippen molar-refractivity contribution in [2.75, 3.05) is 32.6 Å². The Balaban J connectivity index is 1.67. The summed E-state index contributed by atoms with van der Waals surface area (Å²) in [5.74, 6) is -1.19. The molecule has 2 unspecified atom stereocenters. The quantitative estimate of drug-likeness (QED) is 0.804. The van der Waals surface area contributed by atoms with Crippen LogP contribution in [0.2, 0.25) is 0 Å². The first-order valence-electron chi connectivity index (χ1n) is 8.99. The van der Waals surface area contributed by atoms with Gasteiger partial charge in [-0.05, 0) is 12.5 Å². The number of ether oxygens (including phenoxy) is 3. The van der Waals surface area contributed by atoms with Gasteiger partial charge in [-0.1, -0.05) is 30.3 Å². The number of sulfonamides is 1. The van der Waals surface area contributed by atoms with Gasteiger partial charge in [-0.2, -0.15) is 0 Å². The molecule has 1 aromatic rings. The molecule has 0 aromatic heterocycles. The van der Waals surface area contributed by atoms with Crippen molar-refractivity contribution in [1.29, 1.82) is 0 Å². The molecule has 2 aliphatic heterocycles. The number of nitrogens with one attached hydrogen (secondary N) is 1. The molecule has 8 nitrogen and oxygen atoms in total. The van der Waals surface area contributed by atoms with Crippen molar-refractivity contribution in [3.8, 4) is 0 Å². The van der Waals surface area contributed by atoms with E-state index < -0.39 is 21.9 Å². The largest absolute Gasteiger partial charge is 0.445 e. The van der Waals surface area contributed by atoms with Crippen molar-refractivity contribution >= 4 is 16.1 Å². The van der Waals surface area contributed by atoms with Crippen LogP contribution in [0.1, 0.15) is 18.9 Å². The van der Waals surface area contributed by atoms with Crippen LogP contribution in [-0.4, -0.2) is 63.8 Å². The highest BCUT2D eigenvalue weighted by molar-refractivity contribution is 7.88. The Bertz CT molecular complexity index is 748. The maximum atomic E-state index is 12.6. The van der Waals surface area contributed by atoms with Gasteiger partial charge >= 0.3 is 6.09 Å². The van der Waals surface area contributed by atoms with Gasteiger partial charge in [-0.15, -0.1) is 0 Å². The fourth-order valence-corrected chi connectivity index (χ4v) is 4.10. The third kappa shape index (κ3) is 4.98. The average molecular weight is 398 g/mol. The second-order valence-corrected chi connectivity index (χ2v) is 8.91. The summed E-state index contributed by atoms with van der Waals surface area (Å²) in [5, 5.41) is 0. The molecule has 2 atom stereocenters. The predicted molar refractivity (Wildman–Crippen MR) is 98.4 cm³/mol. The number of carbonyl (C=O) groups excluding carboxylic acids is 1. The first kappa shape index (κ1) is 20.1. The topological polar surface area (TPSA) is 94.2 Å². The summed E-state index contributed by atoms with van der Waals surface area (Å²) in [5.41, 5.74) is 0.907. The molecule has 2 aliphatic rings. The van der Waals surface area contributed by atoms with Gasteiger partial charge in [-0.3, -0.25) is 0 Å². The minimum atomic E-state index is -3.36. The molecular formula is C18H26N2O6S. The Kier molecular flexibility index (Phi) is 6.05. The molecule has 2 fully saturated rings. The zero-order valence-electron chi connectivity index (χ0n) is 15.6. The summed E-state index contributed by atoms with van der Waals surface area (Å²) in [7, 11) is -3.36. The molecule has 2 heterocycles. The summed E-state index contributed by atoms with van der Waals surface area (Å²) in [6.45, 7) is 3.44. The lowest BCUT2D eigenvalue weighted by Gasteiger charge is -2.46. The highest BCUT2D eigenvalue weighted by atomic mass is 32.2. The van der Waals surface area contributed by atoms with E-state index in [1.807, 2.05) is 37.3 Å². The molecule has 1 aromatic carbocycles. The van der Waals surface area contributed by atoms with E-state index >= 15 is 0 Å². The molecule has 0 bridgehead atoms. The molecular weight excluding hydrogens is 372 g/mol. The Morgan fingerprint density at radius 1 is 1.30 bits per heavy atom. The van der Waals surface area contributed by atoms with E-state index in [-0.39, 0.29) is 31.7 Å². The smallest absolute Gasteiger partial charge is 0.410 e. The second kappa shape index (κ2) is 8.14. The molecule has 0 aliphatic carbocycles. The number of piperidine rings is 1. The van der Waals surface area contributed by atoms with Crippen molar-refractivity contribution in [2.24, 2.45) is 5.92 Å². The van der Waals surface area contributed by atoms with E-state index in [0.29, 0.717) is 19.6 Å². The van der Waals surface area contributed by atoms with Crippen LogP contribution in [0.15, 0.2) is 30.3 Å². The van der Waals surface area contributed by atoms with Crippen molar-refractivity contribution in [1.82, 2.24) is 9.62 Å². The second-order valence-electron chi connectivity index (χ2n) is 7.07. The molecule has 2 saturated heterocycles. The third-order valence-electron chi connectivity index (χ3n) is 4.96. The number of amides is 1. The van der Waals surface area contributed by atoms with E-state index in [4.69, 9.17) is 14.2 Å². The van der Waals surface area contributed by atoms with Crippen molar-refractivity contribution in [3.05, 3.63) is 35.9 Å². The van der Waals surface area contributed by atoms with Crippen LogP contribution in [0.5, 0.6) is 0 Å². The summed E-state index contributed by atoms with van der Waals surface area (Å²) in [4.78, 5) is 14.2. The molecule has 0 radical (unpaired) electrons. The van der Waals surface area contributed by atoms with Gasteiger partial charge in [0.2, 0.25) is 10.0 Å². The molecule has 1 N–H and O–H groups in total. The fourth-order valence-electron chi connectivity index (χ4n) is 3.60. The van der Waals surface area contributed by atoms with Crippen LogP contribution in [0, 0.1) is 5.92 Å². The van der Waals surface area contributed by atoms with Crippen LogP contribution in [-0.2, 0) is 30.8 Å². The van der Waals surface area contributed by atoms with E-state index in [1.165, 1.54) is 0 Å². The van der Waals surface area contributed by atoms with Crippen LogP contribution in [0.3, 0.4) is 0 Å². The summed E-state index contributed by atoms with van der Waals surface area (Å²) < 4.78 is 42.7. The van der Waals surface area contributed by atoms with Gasteiger partial charge in [0.1, 0.15) is 6.61 Å². The number of hydrogen-bond donors (Lipinski definition) is 1. The third-order valence-corrected chi connectivity index (χ3v) is 5.65. The monoisotopic (exact) mass is 398 g/mol. The molecule has 9 heteroatoms. The van der Waals surface area contributed by atoms with Gasteiger partial charge in [0.05, 0.1) is 19.5 Å². The fraction of sp³-hybridized carbons (Fsp3) is 0.611. The zero-order chi connectivity index (χ0) is 19.5. The number of rotatable bonds is 5. The Morgan fingerprint density at radius 2 is 1.96 bits per heavy atom. The maximum Gasteiger partial charge on any atom is 0.410 e. The minimum Gasteiger partial charge on any atom is -0.445 e. The summed E-state index contributed by atoms with van der Waals surface area (Å²) in [6.07, 6.45) is 1.14. The number of nitrogens with zero attached hydrogens (tertiary/aromatic N) is 1. The summed E-state index contributed by atoms with van der Waals surface area (Å²) in [6, 6.07) is 9.30. The zero-order valence-corrected chi connectivity index (χ0v) is 16.4. The van der Waals surface area contributed by atoms with Crippen molar-refractivity contribution in [3.63, 3.8) is 0 Å². The minimum absolute atomic E-state index is 0.133. The first-order chi connectivity index (χ1) is 12.8. The molecule has 3 rings (SSSR count). The number of carbonyl (C=O) groups is 1. The Morgan fingerprint density at radius 3 is 2.59 bits per heavy atom. The Labute approximate surface area is 159 Å². The molecule has 0 saturated carbocycles. The molecule has 27 heavy (non-hydrogen) atoms. The lowest BCUT2D eigenvalue weighted by Crippen LogP contribution is -2.60. The summed E-state index contributed by atoms with van der Waals surface area (Å²) >= 11 is 0. The first-order valence-corrected chi connectivity index (χ1v) is 10.9. The normalized spacial score (nSPS) is 24.9. The van der Waals surface area contributed by atoms with Gasteiger partial charge in [-0.25, -0.2) is 17.9 Å². The van der Waals surface area contributed by atoms with E-state index in [1.54, 1.807) is 4.90 Å². The lowest BCUT2D eigenvalue weighted by molar-refractivity contribution is -0.225. The standard InChI is InChI=1S/C18H26N2O6S/c1-14-10-18(25-8-9-26-18)16(11-19-27(2,22)23)12-20(14)17(21)24-13-15-6-4-3-5-7-15/h3-7,14,16,19H,8-13H2,1-2H3. The van der Waals surface area contributed by atoms with Crippen LogP contribution in [0.4, 0.5) is 4.79 Å².